The lowest BCUT2D eigenvalue weighted by molar-refractivity contribution is 0.229. The zero-order valence-corrected chi connectivity index (χ0v) is 14.2. The zero-order chi connectivity index (χ0) is 15.1. The molecule has 0 amide bonds. The van der Waals surface area contributed by atoms with E-state index in [-0.39, 0.29) is 0 Å². The third-order valence-corrected chi connectivity index (χ3v) is 5.04. The predicted molar refractivity (Wildman–Crippen MR) is 92.8 cm³/mol. The van der Waals surface area contributed by atoms with Gasteiger partial charge in [0.2, 0.25) is 0 Å². The maximum atomic E-state index is 3.64. The molecule has 0 spiro atoms. The monoisotopic (exact) mass is 287 g/mol. The molecule has 0 aliphatic heterocycles. The standard InChI is InChI=1S/C20H33N/c1-4-13-21-15-20-8-6-5-7-19(20)14-17-9-11-18(12-10-17)16(2)3/h9-12,16,19-21H,4-8,13-15H2,1-3H3. The lowest BCUT2D eigenvalue weighted by Gasteiger charge is -2.32. The van der Waals surface area contributed by atoms with Crippen molar-refractivity contribution in [2.24, 2.45) is 11.8 Å². The molecule has 2 atom stereocenters. The summed E-state index contributed by atoms with van der Waals surface area (Å²) in [4.78, 5) is 0. The van der Waals surface area contributed by atoms with Gasteiger partial charge in [0.25, 0.3) is 0 Å². The molecular formula is C20H33N. The summed E-state index contributed by atoms with van der Waals surface area (Å²) in [6, 6.07) is 9.38. The quantitative estimate of drug-likeness (QED) is 0.683. The van der Waals surface area contributed by atoms with Gasteiger partial charge in [0, 0.05) is 0 Å². The van der Waals surface area contributed by atoms with Crippen molar-refractivity contribution in [3.8, 4) is 0 Å². The summed E-state index contributed by atoms with van der Waals surface area (Å²) in [5.41, 5.74) is 3.00. The van der Waals surface area contributed by atoms with E-state index in [4.69, 9.17) is 0 Å². The SMILES string of the molecule is CCCNCC1CCCCC1Cc1ccc(C(C)C)cc1. The molecule has 1 aliphatic rings. The van der Waals surface area contributed by atoms with E-state index >= 15 is 0 Å². The van der Waals surface area contributed by atoms with Crippen LogP contribution in [0.15, 0.2) is 24.3 Å². The lowest BCUT2D eigenvalue weighted by atomic mass is 9.76. The maximum absolute atomic E-state index is 3.64. The molecule has 2 rings (SSSR count). The van der Waals surface area contributed by atoms with E-state index in [0.717, 1.165) is 11.8 Å². The van der Waals surface area contributed by atoms with Crippen LogP contribution in [0.2, 0.25) is 0 Å². The number of rotatable bonds is 7. The molecule has 1 aromatic rings. The van der Waals surface area contributed by atoms with Crippen molar-refractivity contribution >= 4 is 0 Å². The van der Waals surface area contributed by atoms with Gasteiger partial charge in [-0.3, -0.25) is 0 Å². The Labute approximate surface area is 131 Å². The highest BCUT2D eigenvalue weighted by atomic mass is 14.9. The fourth-order valence-electron chi connectivity index (χ4n) is 3.63. The van der Waals surface area contributed by atoms with Gasteiger partial charge in [0.15, 0.2) is 0 Å². The molecule has 1 aliphatic carbocycles. The highest BCUT2D eigenvalue weighted by molar-refractivity contribution is 5.25. The van der Waals surface area contributed by atoms with Gasteiger partial charge in [-0.1, -0.05) is 57.9 Å². The van der Waals surface area contributed by atoms with Crippen molar-refractivity contribution in [2.75, 3.05) is 13.1 Å². The molecular weight excluding hydrogens is 254 g/mol. The number of benzene rings is 1. The Morgan fingerprint density at radius 3 is 2.33 bits per heavy atom. The van der Waals surface area contributed by atoms with Crippen LogP contribution in [0.1, 0.15) is 69.9 Å². The van der Waals surface area contributed by atoms with Crippen LogP contribution < -0.4 is 5.32 Å². The van der Waals surface area contributed by atoms with Crippen molar-refractivity contribution in [1.82, 2.24) is 5.32 Å². The highest BCUT2D eigenvalue weighted by Crippen LogP contribution is 2.32. The Hall–Kier alpha value is -0.820. The highest BCUT2D eigenvalue weighted by Gasteiger charge is 2.24. The molecule has 1 heteroatoms. The third-order valence-electron chi connectivity index (χ3n) is 5.04. The Morgan fingerprint density at radius 2 is 1.71 bits per heavy atom. The van der Waals surface area contributed by atoms with Gasteiger partial charge in [-0.25, -0.2) is 0 Å². The second-order valence-corrected chi connectivity index (χ2v) is 7.11. The number of hydrogen-bond acceptors (Lipinski definition) is 1. The summed E-state index contributed by atoms with van der Waals surface area (Å²) in [5.74, 6) is 2.41. The van der Waals surface area contributed by atoms with Gasteiger partial charge < -0.3 is 5.32 Å². The van der Waals surface area contributed by atoms with E-state index in [0.29, 0.717) is 5.92 Å². The first kappa shape index (κ1) is 16.5. The maximum Gasteiger partial charge on any atom is -0.00178 e. The summed E-state index contributed by atoms with van der Waals surface area (Å²) >= 11 is 0. The van der Waals surface area contributed by atoms with Crippen molar-refractivity contribution in [2.45, 2.75) is 65.2 Å². The van der Waals surface area contributed by atoms with Gasteiger partial charge in [-0.05, 0) is 67.7 Å². The van der Waals surface area contributed by atoms with Crippen LogP contribution in [-0.2, 0) is 6.42 Å². The first-order valence-corrected chi connectivity index (χ1v) is 9.00. The Kier molecular flexibility index (Phi) is 6.76. The van der Waals surface area contributed by atoms with Crippen LogP contribution in [0.3, 0.4) is 0 Å². The topological polar surface area (TPSA) is 12.0 Å². The number of hydrogen-bond donors (Lipinski definition) is 1. The second kappa shape index (κ2) is 8.58. The van der Waals surface area contributed by atoms with Gasteiger partial charge in [0.1, 0.15) is 0 Å². The van der Waals surface area contributed by atoms with Crippen molar-refractivity contribution < 1.29 is 0 Å². The zero-order valence-electron chi connectivity index (χ0n) is 14.2. The minimum atomic E-state index is 0.639. The van der Waals surface area contributed by atoms with Crippen molar-refractivity contribution in [1.29, 1.82) is 0 Å². The largest absolute Gasteiger partial charge is 0.316 e. The van der Waals surface area contributed by atoms with E-state index < -0.39 is 0 Å². The summed E-state index contributed by atoms with van der Waals surface area (Å²) in [6.45, 7) is 9.19. The average molecular weight is 287 g/mol. The first-order chi connectivity index (χ1) is 10.2. The van der Waals surface area contributed by atoms with Crippen LogP contribution in [0, 0.1) is 11.8 Å². The van der Waals surface area contributed by atoms with Crippen LogP contribution in [0.25, 0.3) is 0 Å². The molecule has 1 nitrogen and oxygen atoms in total. The Bertz CT molecular complexity index is 393. The Balaban J connectivity index is 1.91. The molecule has 0 bridgehead atoms. The molecule has 118 valence electrons. The molecule has 2 unspecified atom stereocenters. The molecule has 1 N–H and O–H groups in total. The summed E-state index contributed by atoms with van der Waals surface area (Å²) in [6.07, 6.45) is 8.22. The summed E-state index contributed by atoms with van der Waals surface area (Å²) in [5, 5.41) is 3.64. The molecule has 21 heavy (non-hydrogen) atoms. The van der Waals surface area contributed by atoms with E-state index in [2.05, 4.69) is 50.4 Å². The summed E-state index contributed by atoms with van der Waals surface area (Å²) in [7, 11) is 0. The molecule has 0 heterocycles. The van der Waals surface area contributed by atoms with Crippen LogP contribution in [0.4, 0.5) is 0 Å². The number of nitrogens with one attached hydrogen (secondary N) is 1. The van der Waals surface area contributed by atoms with E-state index in [1.807, 2.05) is 0 Å². The van der Waals surface area contributed by atoms with Gasteiger partial charge in [0.05, 0.1) is 0 Å². The fraction of sp³-hybridized carbons (Fsp3) is 0.700. The Morgan fingerprint density at radius 1 is 1.05 bits per heavy atom. The summed E-state index contributed by atoms with van der Waals surface area (Å²) < 4.78 is 0. The normalized spacial score (nSPS) is 22.7. The van der Waals surface area contributed by atoms with Gasteiger partial charge >= 0.3 is 0 Å². The van der Waals surface area contributed by atoms with Gasteiger partial charge in [-0.15, -0.1) is 0 Å². The van der Waals surface area contributed by atoms with Crippen molar-refractivity contribution in [3.05, 3.63) is 35.4 Å². The minimum absolute atomic E-state index is 0.639. The molecule has 0 saturated heterocycles. The minimum Gasteiger partial charge on any atom is -0.316 e. The first-order valence-electron chi connectivity index (χ1n) is 9.00. The van der Waals surface area contributed by atoms with Crippen LogP contribution in [0.5, 0.6) is 0 Å². The third kappa shape index (κ3) is 5.14. The molecule has 1 aromatic carbocycles. The lowest BCUT2D eigenvalue weighted by Crippen LogP contribution is -2.32. The smallest absolute Gasteiger partial charge is 0.00178 e. The van der Waals surface area contributed by atoms with Gasteiger partial charge in [-0.2, -0.15) is 0 Å². The molecule has 0 radical (unpaired) electrons. The molecule has 1 fully saturated rings. The van der Waals surface area contributed by atoms with Crippen LogP contribution >= 0.6 is 0 Å². The average Bonchev–Trinajstić information content (AvgIpc) is 2.50. The second-order valence-electron chi connectivity index (χ2n) is 7.11. The van der Waals surface area contributed by atoms with E-state index in [9.17, 15) is 0 Å². The van der Waals surface area contributed by atoms with Crippen molar-refractivity contribution in [3.63, 3.8) is 0 Å². The van der Waals surface area contributed by atoms with E-state index in [1.165, 1.54) is 62.7 Å². The van der Waals surface area contributed by atoms with Crippen LogP contribution in [-0.4, -0.2) is 13.1 Å². The van der Waals surface area contributed by atoms with E-state index in [1.54, 1.807) is 0 Å². The molecule has 1 saturated carbocycles. The molecule has 0 aromatic heterocycles. The fourth-order valence-corrected chi connectivity index (χ4v) is 3.63. The predicted octanol–water partition coefficient (Wildman–Crippen LogP) is 5.16.